The number of carbonyl (C=O) groups is 1. The third-order valence-electron chi connectivity index (χ3n) is 7.85. The van der Waals surface area contributed by atoms with Crippen LogP contribution in [0.25, 0.3) is 0 Å². The largest absolute Gasteiger partial charge is 0.504 e. The zero-order chi connectivity index (χ0) is 22.3. The Kier molecular flexibility index (Phi) is 6.66. The molecule has 0 radical (unpaired) electrons. The summed E-state index contributed by atoms with van der Waals surface area (Å²) in [5.41, 5.74) is 1.64. The highest BCUT2D eigenvalue weighted by molar-refractivity contribution is 6.02. The smallest absolute Gasteiger partial charge is 0.203 e. The molecule has 5 heteroatoms. The van der Waals surface area contributed by atoms with Gasteiger partial charge in [0.05, 0.1) is 17.8 Å². The van der Waals surface area contributed by atoms with E-state index in [1.54, 1.807) is 0 Å². The average molecular weight is 419 g/mol. The molecule has 2 aliphatic heterocycles. The molecule has 3 aliphatic rings. The monoisotopic (exact) mass is 418 g/mol. The SMILES string of the molecule is C/C1=C\C[C@]2(C)C(=O)C(O)=C([C@H](C)CO)[C@H]2C/C=C(\C)[C@@H]2CC[C@@](C)(O2)[C@@H](O)CC1. The van der Waals surface area contributed by atoms with E-state index in [1.807, 2.05) is 34.6 Å². The number of ketones is 1. The van der Waals surface area contributed by atoms with Gasteiger partial charge in [-0.15, -0.1) is 0 Å². The number of rotatable bonds is 2. The number of allylic oxidation sites excluding steroid dienone is 4. The van der Waals surface area contributed by atoms with E-state index in [9.17, 15) is 20.1 Å². The maximum atomic E-state index is 13.1. The van der Waals surface area contributed by atoms with Crippen molar-refractivity contribution in [3.05, 3.63) is 34.6 Å². The normalized spacial score (nSPS) is 42.8. The molecule has 3 N–H and O–H groups in total. The van der Waals surface area contributed by atoms with Crippen molar-refractivity contribution in [2.75, 3.05) is 6.61 Å². The molecular weight excluding hydrogens is 380 g/mol. The second kappa shape index (κ2) is 8.60. The third-order valence-corrected chi connectivity index (χ3v) is 7.85. The van der Waals surface area contributed by atoms with Crippen LogP contribution in [0.15, 0.2) is 34.6 Å². The second-order valence-corrected chi connectivity index (χ2v) is 10.1. The quantitative estimate of drug-likeness (QED) is 0.579. The summed E-state index contributed by atoms with van der Waals surface area (Å²) < 4.78 is 6.32. The molecule has 0 aromatic rings. The topological polar surface area (TPSA) is 87.0 Å². The average Bonchev–Trinajstić information content (AvgIpc) is 3.21. The van der Waals surface area contributed by atoms with E-state index in [4.69, 9.17) is 4.74 Å². The van der Waals surface area contributed by atoms with Crippen molar-refractivity contribution in [1.82, 2.24) is 0 Å². The Labute approximate surface area is 180 Å². The van der Waals surface area contributed by atoms with Crippen LogP contribution in [0.3, 0.4) is 0 Å². The van der Waals surface area contributed by atoms with Gasteiger partial charge in [-0.1, -0.05) is 31.6 Å². The summed E-state index contributed by atoms with van der Waals surface area (Å²) >= 11 is 0. The molecule has 1 saturated heterocycles. The molecular formula is C25H38O5. The highest BCUT2D eigenvalue weighted by atomic mass is 16.5. The van der Waals surface area contributed by atoms with Crippen molar-refractivity contribution in [2.45, 2.75) is 91.0 Å². The first-order chi connectivity index (χ1) is 14.0. The van der Waals surface area contributed by atoms with Crippen LogP contribution in [0.2, 0.25) is 0 Å². The summed E-state index contributed by atoms with van der Waals surface area (Å²) in [7, 11) is 0. The zero-order valence-electron chi connectivity index (χ0n) is 19.1. The van der Waals surface area contributed by atoms with Crippen LogP contribution in [0.5, 0.6) is 0 Å². The molecule has 2 bridgehead atoms. The lowest BCUT2D eigenvalue weighted by Gasteiger charge is -2.33. The minimum atomic E-state index is -0.741. The number of Topliss-reactive ketones (excluding diaryl/α,β-unsaturated/α-hetero) is 1. The molecule has 3 rings (SSSR count). The summed E-state index contributed by atoms with van der Waals surface area (Å²) in [5, 5.41) is 31.2. The van der Waals surface area contributed by atoms with Gasteiger partial charge >= 0.3 is 0 Å². The molecule has 168 valence electrons. The molecule has 1 aliphatic carbocycles. The van der Waals surface area contributed by atoms with Gasteiger partial charge in [-0.25, -0.2) is 0 Å². The molecule has 5 nitrogen and oxygen atoms in total. The number of fused-ring (bicyclic) bond motifs is 3. The predicted molar refractivity (Wildman–Crippen MR) is 117 cm³/mol. The van der Waals surface area contributed by atoms with Gasteiger partial charge in [0.15, 0.2) is 5.76 Å². The number of carbonyl (C=O) groups excluding carboxylic acids is 1. The Morgan fingerprint density at radius 1 is 1.23 bits per heavy atom. The number of aliphatic hydroxyl groups is 3. The molecule has 0 aromatic carbocycles. The van der Waals surface area contributed by atoms with Crippen molar-refractivity contribution in [2.24, 2.45) is 17.3 Å². The van der Waals surface area contributed by atoms with Gasteiger partial charge < -0.3 is 20.1 Å². The molecule has 0 unspecified atom stereocenters. The highest BCUT2D eigenvalue weighted by Gasteiger charge is 2.51. The third kappa shape index (κ3) is 4.04. The maximum Gasteiger partial charge on any atom is 0.203 e. The molecule has 1 fully saturated rings. The van der Waals surface area contributed by atoms with Gasteiger partial charge in [0, 0.05) is 23.9 Å². The molecule has 2 heterocycles. The standard InChI is InChI=1S/C25H38O5/c1-15-6-9-20(27)25(5)13-11-19(30-25)16(2)7-8-18-21(17(3)14-26)22(28)23(29)24(18,4)12-10-15/h7,10,17-20,26-28H,6,8-9,11-14H2,1-5H3/b15-10+,16-7+/t17-,18-,19+,20+,24+,25-/m1/s1. The number of hydrogen-bond donors (Lipinski definition) is 3. The Balaban J connectivity index is 2.01. The van der Waals surface area contributed by atoms with E-state index in [2.05, 4.69) is 12.2 Å². The molecule has 6 atom stereocenters. The molecule has 0 spiro atoms. The van der Waals surface area contributed by atoms with Crippen LogP contribution < -0.4 is 0 Å². The highest BCUT2D eigenvalue weighted by Crippen LogP contribution is 2.51. The summed E-state index contributed by atoms with van der Waals surface area (Å²) in [4.78, 5) is 13.1. The first-order valence-corrected chi connectivity index (χ1v) is 11.3. The van der Waals surface area contributed by atoms with Crippen LogP contribution in [0.4, 0.5) is 0 Å². The molecule has 0 saturated carbocycles. The van der Waals surface area contributed by atoms with E-state index in [0.717, 1.165) is 30.4 Å². The van der Waals surface area contributed by atoms with Gasteiger partial charge in [0.25, 0.3) is 0 Å². The van der Waals surface area contributed by atoms with Crippen LogP contribution >= 0.6 is 0 Å². The molecule has 0 amide bonds. The Morgan fingerprint density at radius 3 is 2.60 bits per heavy atom. The van der Waals surface area contributed by atoms with Crippen molar-refractivity contribution in [3.8, 4) is 0 Å². The van der Waals surface area contributed by atoms with Gasteiger partial charge in [-0.2, -0.15) is 0 Å². The first-order valence-electron chi connectivity index (χ1n) is 11.3. The number of hydrogen-bond acceptors (Lipinski definition) is 5. The summed E-state index contributed by atoms with van der Waals surface area (Å²) in [6.45, 7) is 9.78. The van der Waals surface area contributed by atoms with Crippen LogP contribution in [0.1, 0.15) is 73.1 Å². The maximum absolute atomic E-state index is 13.1. The minimum Gasteiger partial charge on any atom is -0.504 e. The van der Waals surface area contributed by atoms with Crippen LogP contribution in [-0.4, -0.2) is 45.5 Å². The van der Waals surface area contributed by atoms with Gasteiger partial charge in [-0.3, -0.25) is 4.79 Å². The first kappa shape index (κ1) is 23.2. The predicted octanol–water partition coefficient (Wildman–Crippen LogP) is 4.40. The lowest BCUT2D eigenvalue weighted by Crippen LogP contribution is -2.39. The lowest BCUT2D eigenvalue weighted by atomic mass is 9.70. The van der Waals surface area contributed by atoms with Gasteiger partial charge in [0.2, 0.25) is 5.78 Å². The molecule has 0 aromatic heterocycles. The van der Waals surface area contributed by atoms with Gasteiger partial charge in [-0.05, 0) is 70.4 Å². The fourth-order valence-electron chi connectivity index (χ4n) is 5.38. The van der Waals surface area contributed by atoms with E-state index >= 15 is 0 Å². The van der Waals surface area contributed by atoms with Crippen molar-refractivity contribution in [1.29, 1.82) is 0 Å². The van der Waals surface area contributed by atoms with E-state index in [0.29, 0.717) is 24.8 Å². The van der Waals surface area contributed by atoms with E-state index in [-0.39, 0.29) is 36.1 Å². The molecule has 30 heavy (non-hydrogen) atoms. The van der Waals surface area contributed by atoms with E-state index in [1.165, 1.54) is 0 Å². The second-order valence-electron chi connectivity index (χ2n) is 10.1. The number of ether oxygens (including phenoxy) is 1. The van der Waals surface area contributed by atoms with Crippen molar-refractivity contribution in [3.63, 3.8) is 0 Å². The number of aliphatic hydroxyl groups excluding tert-OH is 3. The Hall–Kier alpha value is -1.43. The fourth-order valence-corrected chi connectivity index (χ4v) is 5.38. The van der Waals surface area contributed by atoms with Crippen molar-refractivity contribution < 1.29 is 24.9 Å². The minimum absolute atomic E-state index is 0.0381. The van der Waals surface area contributed by atoms with Crippen LogP contribution in [-0.2, 0) is 9.53 Å². The Bertz CT molecular complexity index is 778. The summed E-state index contributed by atoms with van der Waals surface area (Å²) in [5.74, 6) is -0.813. The lowest BCUT2D eigenvalue weighted by molar-refractivity contribution is -0.126. The Morgan fingerprint density at radius 2 is 1.93 bits per heavy atom. The van der Waals surface area contributed by atoms with Gasteiger partial charge in [0.1, 0.15) is 0 Å². The zero-order valence-corrected chi connectivity index (χ0v) is 19.1. The summed E-state index contributed by atoms with van der Waals surface area (Å²) in [6, 6.07) is 0. The fraction of sp³-hybridized carbons (Fsp3) is 0.720. The van der Waals surface area contributed by atoms with Crippen molar-refractivity contribution >= 4 is 5.78 Å². The van der Waals surface area contributed by atoms with E-state index < -0.39 is 17.1 Å². The van der Waals surface area contributed by atoms with Crippen LogP contribution in [0, 0.1) is 17.3 Å². The summed E-state index contributed by atoms with van der Waals surface area (Å²) in [6.07, 6.45) is 7.85.